The van der Waals surface area contributed by atoms with E-state index in [1.54, 1.807) is 24.9 Å². The van der Waals surface area contributed by atoms with E-state index >= 15 is 0 Å². The van der Waals surface area contributed by atoms with Crippen molar-refractivity contribution in [2.45, 2.75) is 38.8 Å². The second kappa shape index (κ2) is 7.89. The van der Waals surface area contributed by atoms with Gasteiger partial charge in [-0.15, -0.1) is 0 Å². The van der Waals surface area contributed by atoms with Crippen LogP contribution in [0.4, 0.5) is 0 Å². The second-order valence-electron chi connectivity index (χ2n) is 7.66. The first-order valence-electron chi connectivity index (χ1n) is 9.23. The molecule has 0 aliphatic rings. The first-order chi connectivity index (χ1) is 12.8. The third-order valence-electron chi connectivity index (χ3n) is 4.69. The van der Waals surface area contributed by atoms with E-state index in [0.717, 1.165) is 28.5 Å². The monoisotopic (exact) mass is 362 g/mol. The molecule has 0 aliphatic heterocycles. The Labute approximate surface area is 160 Å². The average Bonchev–Trinajstić information content (AvgIpc) is 2.66. The summed E-state index contributed by atoms with van der Waals surface area (Å²) in [5.41, 5.74) is 3.04. The molecule has 0 unspecified atom stereocenters. The van der Waals surface area contributed by atoms with Crippen LogP contribution >= 0.6 is 0 Å². The molecule has 1 N–H and O–H groups in total. The van der Waals surface area contributed by atoms with Crippen LogP contribution in [0.1, 0.15) is 41.8 Å². The van der Waals surface area contributed by atoms with Crippen LogP contribution in [0.3, 0.4) is 0 Å². The minimum absolute atomic E-state index is 0.0130. The molecule has 0 aliphatic carbocycles. The predicted molar refractivity (Wildman–Crippen MR) is 109 cm³/mol. The lowest BCUT2D eigenvalue weighted by atomic mass is 9.97. The van der Waals surface area contributed by atoms with Gasteiger partial charge in [-0.05, 0) is 62.1 Å². The quantitative estimate of drug-likeness (QED) is 0.715. The van der Waals surface area contributed by atoms with E-state index in [2.05, 4.69) is 4.98 Å². The van der Waals surface area contributed by atoms with Gasteiger partial charge in [-0.3, -0.25) is 9.78 Å². The second-order valence-corrected chi connectivity index (χ2v) is 7.66. The number of carbonyl (C=O) groups excluding carboxylic acids is 1. The van der Waals surface area contributed by atoms with Crippen molar-refractivity contribution in [2.24, 2.45) is 0 Å². The van der Waals surface area contributed by atoms with Crippen LogP contribution in [0.2, 0.25) is 0 Å². The maximum absolute atomic E-state index is 12.9. The average molecular weight is 362 g/mol. The molecule has 1 heterocycles. The molecule has 1 aromatic heterocycles. The van der Waals surface area contributed by atoms with Crippen molar-refractivity contribution in [1.29, 1.82) is 0 Å². The molecule has 2 aromatic carbocycles. The summed E-state index contributed by atoms with van der Waals surface area (Å²) in [6, 6.07) is 17.6. The topological polar surface area (TPSA) is 53.4 Å². The number of hydrogen-bond acceptors (Lipinski definition) is 3. The summed E-state index contributed by atoms with van der Waals surface area (Å²) < 4.78 is 0. The number of aromatic nitrogens is 1. The van der Waals surface area contributed by atoms with E-state index in [4.69, 9.17) is 0 Å². The SMILES string of the molecule is CN(Cc1cccc2ncccc12)C(=O)c1cccc(CCC(C)(C)O)c1. The molecule has 140 valence electrons. The van der Waals surface area contributed by atoms with Gasteiger partial charge in [0.15, 0.2) is 0 Å². The summed E-state index contributed by atoms with van der Waals surface area (Å²) in [6.45, 7) is 4.12. The zero-order valence-electron chi connectivity index (χ0n) is 16.1. The number of aliphatic hydroxyl groups is 1. The minimum Gasteiger partial charge on any atom is -0.390 e. The number of nitrogens with zero attached hydrogens (tertiary/aromatic N) is 2. The highest BCUT2D eigenvalue weighted by molar-refractivity contribution is 5.94. The Bertz CT molecular complexity index is 939. The van der Waals surface area contributed by atoms with Crippen LogP contribution in [-0.2, 0) is 13.0 Å². The lowest BCUT2D eigenvalue weighted by Crippen LogP contribution is -2.26. The number of aryl methyl sites for hydroxylation is 1. The molecule has 3 rings (SSSR count). The van der Waals surface area contributed by atoms with Gasteiger partial charge in [0.2, 0.25) is 0 Å². The van der Waals surface area contributed by atoms with E-state index in [-0.39, 0.29) is 5.91 Å². The number of rotatable bonds is 6. The summed E-state index contributed by atoms with van der Waals surface area (Å²) in [5.74, 6) is -0.0130. The standard InChI is InChI=1S/C23H26N2O2/c1-23(2,27)13-12-17-7-4-8-18(15-17)22(26)25(3)16-19-9-5-11-21-20(19)10-6-14-24-21/h4-11,14-15,27H,12-13,16H2,1-3H3. The first kappa shape index (κ1) is 19.1. The van der Waals surface area contributed by atoms with E-state index in [0.29, 0.717) is 18.5 Å². The molecule has 4 heteroatoms. The molecule has 0 radical (unpaired) electrons. The summed E-state index contributed by atoms with van der Waals surface area (Å²) in [4.78, 5) is 19.0. The Morgan fingerprint density at radius 3 is 2.67 bits per heavy atom. The van der Waals surface area contributed by atoms with Crippen LogP contribution < -0.4 is 0 Å². The third-order valence-corrected chi connectivity index (χ3v) is 4.69. The van der Waals surface area contributed by atoms with Crippen LogP contribution in [0, 0.1) is 0 Å². The predicted octanol–water partition coefficient (Wildman–Crippen LogP) is 4.21. The number of benzene rings is 2. The Morgan fingerprint density at radius 1 is 1.11 bits per heavy atom. The van der Waals surface area contributed by atoms with Gasteiger partial charge in [0.25, 0.3) is 5.91 Å². The molecule has 0 bridgehead atoms. The van der Waals surface area contributed by atoms with Crippen molar-refractivity contribution in [2.75, 3.05) is 7.05 Å². The van der Waals surface area contributed by atoms with Crippen molar-refractivity contribution in [1.82, 2.24) is 9.88 Å². The zero-order chi connectivity index (χ0) is 19.4. The fourth-order valence-electron chi connectivity index (χ4n) is 3.16. The van der Waals surface area contributed by atoms with Crippen LogP contribution in [0.15, 0.2) is 60.8 Å². The number of amides is 1. The third kappa shape index (κ3) is 4.92. The van der Waals surface area contributed by atoms with Crippen molar-refractivity contribution in [3.63, 3.8) is 0 Å². The summed E-state index contributed by atoms with van der Waals surface area (Å²) in [6.07, 6.45) is 3.17. The molecule has 27 heavy (non-hydrogen) atoms. The summed E-state index contributed by atoms with van der Waals surface area (Å²) in [5, 5.41) is 11.0. The number of fused-ring (bicyclic) bond motifs is 1. The fourth-order valence-corrected chi connectivity index (χ4v) is 3.16. The first-order valence-corrected chi connectivity index (χ1v) is 9.23. The van der Waals surface area contributed by atoms with Gasteiger partial charge in [-0.1, -0.05) is 30.3 Å². The molecule has 4 nitrogen and oxygen atoms in total. The zero-order valence-corrected chi connectivity index (χ0v) is 16.1. The van der Waals surface area contributed by atoms with E-state index < -0.39 is 5.60 Å². The summed E-state index contributed by atoms with van der Waals surface area (Å²) in [7, 11) is 1.82. The van der Waals surface area contributed by atoms with Crippen LogP contribution in [-0.4, -0.2) is 33.5 Å². The van der Waals surface area contributed by atoms with Crippen molar-refractivity contribution < 1.29 is 9.90 Å². The molecule has 0 fully saturated rings. The number of carbonyl (C=O) groups is 1. The molecular formula is C23H26N2O2. The Morgan fingerprint density at radius 2 is 1.89 bits per heavy atom. The van der Waals surface area contributed by atoms with Crippen molar-refractivity contribution in [3.8, 4) is 0 Å². The van der Waals surface area contributed by atoms with Gasteiger partial charge >= 0.3 is 0 Å². The highest BCUT2D eigenvalue weighted by Gasteiger charge is 2.16. The maximum atomic E-state index is 12.9. The largest absolute Gasteiger partial charge is 0.390 e. The maximum Gasteiger partial charge on any atom is 0.253 e. The van der Waals surface area contributed by atoms with E-state index in [1.165, 1.54) is 0 Å². The Balaban J connectivity index is 1.75. The van der Waals surface area contributed by atoms with Gasteiger partial charge in [-0.25, -0.2) is 0 Å². The molecule has 0 saturated heterocycles. The normalized spacial score (nSPS) is 11.6. The highest BCUT2D eigenvalue weighted by atomic mass is 16.3. The van der Waals surface area contributed by atoms with Gasteiger partial charge in [-0.2, -0.15) is 0 Å². The van der Waals surface area contributed by atoms with Crippen LogP contribution in [0.25, 0.3) is 10.9 Å². The van der Waals surface area contributed by atoms with E-state index in [9.17, 15) is 9.90 Å². The fraction of sp³-hybridized carbons (Fsp3) is 0.304. The highest BCUT2D eigenvalue weighted by Crippen LogP contribution is 2.19. The molecular weight excluding hydrogens is 336 g/mol. The lowest BCUT2D eigenvalue weighted by Gasteiger charge is -2.19. The van der Waals surface area contributed by atoms with Gasteiger partial charge in [0, 0.05) is 30.7 Å². The minimum atomic E-state index is -0.709. The molecule has 1 amide bonds. The lowest BCUT2D eigenvalue weighted by molar-refractivity contribution is 0.0714. The van der Waals surface area contributed by atoms with Crippen molar-refractivity contribution in [3.05, 3.63) is 77.5 Å². The molecule has 0 saturated carbocycles. The number of hydrogen-bond donors (Lipinski definition) is 1. The molecule has 3 aromatic rings. The van der Waals surface area contributed by atoms with Gasteiger partial charge < -0.3 is 10.0 Å². The summed E-state index contributed by atoms with van der Waals surface area (Å²) >= 11 is 0. The van der Waals surface area contributed by atoms with Crippen molar-refractivity contribution >= 4 is 16.8 Å². The number of pyridine rings is 1. The Hall–Kier alpha value is -2.72. The van der Waals surface area contributed by atoms with Gasteiger partial charge in [0.05, 0.1) is 11.1 Å². The Kier molecular flexibility index (Phi) is 5.57. The molecule has 0 atom stereocenters. The van der Waals surface area contributed by atoms with E-state index in [1.807, 2.05) is 61.6 Å². The van der Waals surface area contributed by atoms with Crippen LogP contribution in [0.5, 0.6) is 0 Å². The smallest absolute Gasteiger partial charge is 0.253 e. The van der Waals surface area contributed by atoms with Gasteiger partial charge in [0.1, 0.15) is 0 Å². The molecule has 0 spiro atoms.